The molecule has 2 aromatic carbocycles. The van der Waals surface area contributed by atoms with E-state index in [1.807, 2.05) is 24.3 Å². The van der Waals surface area contributed by atoms with Gasteiger partial charge in [0.1, 0.15) is 12.4 Å². The van der Waals surface area contributed by atoms with Crippen molar-refractivity contribution >= 4 is 0 Å². The van der Waals surface area contributed by atoms with Crippen LogP contribution in [0.5, 0.6) is 5.75 Å². The summed E-state index contributed by atoms with van der Waals surface area (Å²) in [5.74, 6) is 0.822. The molecular formula is C17H20O2. The van der Waals surface area contributed by atoms with Crippen LogP contribution in [0, 0.1) is 13.8 Å². The summed E-state index contributed by atoms with van der Waals surface area (Å²) in [6.45, 7) is 6.53. The number of rotatable bonds is 4. The molecule has 1 N–H and O–H groups in total. The van der Waals surface area contributed by atoms with Crippen molar-refractivity contribution in [3.8, 4) is 5.75 Å². The monoisotopic (exact) mass is 256 g/mol. The van der Waals surface area contributed by atoms with Crippen molar-refractivity contribution in [2.45, 2.75) is 33.5 Å². The molecule has 0 aliphatic heterocycles. The van der Waals surface area contributed by atoms with Gasteiger partial charge in [-0.15, -0.1) is 0 Å². The van der Waals surface area contributed by atoms with Crippen molar-refractivity contribution in [1.29, 1.82) is 0 Å². The van der Waals surface area contributed by atoms with E-state index in [-0.39, 0.29) is 0 Å². The fourth-order valence-corrected chi connectivity index (χ4v) is 1.90. The first-order valence-corrected chi connectivity index (χ1v) is 6.53. The molecule has 100 valence electrons. The molecule has 0 radical (unpaired) electrons. The molecule has 2 nitrogen and oxygen atoms in total. The minimum absolute atomic E-state index is 0.436. The molecule has 0 fully saturated rings. The van der Waals surface area contributed by atoms with Gasteiger partial charge in [0.15, 0.2) is 0 Å². The lowest BCUT2D eigenvalue weighted by atomic mass is 10.1. The van der Waals surface area contributed by atoms with Crippen molar-refractivity contribution in [3.05, 3.63) is 64.7 Å². The van der Waals surface area contributed by atoms with E-state index in [1.54, 1.807) is 6.92 Å². The number of aryl methyl sites for hydroxylation is 2. The third-order valence-corrected chi connectivity index (χ3v) is 3.34. The Bertz CT molecular complexity index is 542. The quantitative estimate of drug-likeness (QED) is 0.898. The summed E-state index contributed by atoms with van der Waals surface area (Å²) < 4.78 is 5.74. The molecule has 0 aromatic heterocycles. The standard InChI is InChI=1S/C17H20O2/c1-12-4-5-15(10-13(12)2)11-19-17-8-6-16(7-9-17)14(3)18/h4-10,14,18H,11H2,1-3H3/t14-/m1/s1. The summed E-state index contributed by atoms with van der Waals surface area (Å²) in [4.78, 5) is 0. The van der Waals surface area contributed by atoms with Gasteiger partial charge in [-0.1, -0.05) is 30.3 Å². The minimum Gasteiger partial charge on any atom is -0.489 e. The Labute approximate surface area is 114 Å². The predicted molar refractivity (Wildman–Crippen MR) is 77.3 cm³/mol. The lowest BCUT2D eigenvalue weighted by Crippen LogP contribution is -1.97. The van der Waals surface area contributed by atoms with Crippen molar-refractivity contribution < 1.29 is 9.84 Å². The molecular weight excluding hydrogens is 236 g/mol. The van der Waals surface area contributed by atoms with E-state index in [9.17, 15) is 5.11 Å². The third kappa shape index (κ3) is 3.58. The molecule has 1 atom stereocenters. The summed E-state index contributed by atoms with van der Waals surface area (Å²) in [7, 11) is 0. The largest absolute Gasteiger partial charge is 0.489 e. The molecule has 2 aromatic rings. The van der Waals surface area contributed by atoms with Crippen LogP contribution in [-0.4, -0.2) is 5.11 Å². The van der Waals surface area contributed by atoms with E-state index in [0.29, 0.717) is 6.61 Å². The van der Waals surface area contributed by atoms with Gasteiger partial charge in [0.25, 0.3) is 0 Å². The van der Waals surface area contributed by atoms with E-state index in [0.717, 1.165) is 11.3 Å². The molecule has 0 bridgehead atoms. The summed E-state index contributed by atoms with van der Waals surface area (Å²) in [6.07, 6.45) is -0.436. The van der Waals surface area contributed by atoms with Gasteiger partial charge >= 0.3 is 0 Å². The zero-order valence-corrected chi connectivity index (χ0v) is 11.7. The fourth-order valence-electron chi connectivity index (χ4n) is 1.90. The summed E-state index contributed by atoms with van der Waals surface area (Å²) in [6, 6.07) is 13.9. The molecule has 0 amide bonds. The molecule has 19 heavy (non-hydrogen) atoms. The molecule has 2 heteroatoms. The zero-order chi connectivity index (χ0) is 13.8. The molecule has 0 unspecified atom stereocenters. The maximum Gasteiger partial charge on any atom is 0.119 e. The second kappa shape index (κ2) is 5.89. The van der Waals surface area contributed by atoms with Gasteiger partial charge < -0.3 is 9.84 Å². The van der Waals surface area contributed by atoms with Crippen LogP contribution < -0.4 is 4.74 Å². The molecule has 0 spiro atoms. The second-order valence-electron chi connectivity index (χ2n) is 4.95. The maximum atomic E-state index is 9.44. The van der Waals surface area contributed by atoms with Gasteiger partial charge in [-0.25, -0.2) is 0 Å². The first-order valence-electron chi connectivity index (χ1n) is 6.53. The Morgan fingerprint density at radius 3 is 2.26 bits per heavy atom. The Morgan fingerprint density at radius 1 is 1.00 bits per heavy atom. The summed E-state index contributed by atoms with van der Waals surface area (Å²) in [5.41, 5.74) is 4.65. The maximum absolute atomic E-state index is 9.44. The lowest BCUT2D eigenvalue weighted by Gasteiger charge is -2.09. The number of hydrogen-bond donors (Lipinski definition) is 1. The fraction of sp³-hybridized carbons (Fsp3) is 0.294. The molecule has 0 saturated heterocycles. The van der Waals surface area contributed by atoms with Crippen LogP contribution >= 0.6 is 0 Å². The topological polar surface area (TPSA) is 29.5 Å². The normalized spacial score (nSPS) is 12.2. The van der Waals surface area contributed by atoms with E-state index < -0.39 is 6.10 Å². The molecule has 2 rings (SSSR count). The van der Waals surface area contributed by atoms with Gasteiger partial charge in [0, 0.05) is 0 Å². The van der Waals surface area contributed by atoms with Crippen LogP contribution in [0.1, 0.15) is 35.3 Å². The van der Waals surface area contributed by atoms with Gasteiger partial charge in [0.2, 0.25) is 0 Å². The minimum atomic E-state index is -0.436. The van der Waals surface area contributed by atoms with E-state index in [2.05, 4.69) is 32.0 Å². The predicted octanol–water partition coefficient (Wildman–Crippen LogP) is 3.94. The third-order valence-electron chi connectivity index (χ3n) is 3.34. The average Bonchev–Trinajstić information content (AvgIpc) is 2.40. The Morgan fingerprint density at radius 2 is 1.68 bits per heavy atom. The number of benzene rings is 2. The lowest BCUT2D eigenvalue weighted by molar-refractivity contribution is 0.199. The highest BCUT2D eigenvalue weighted by molar-refractivity contribution is 5.31. The second-order valence-corrected chi connectivity index (χ2v) is 4.95. The molecule has 0 heterocycles. The molecule has 0 aliphatic rings. The first-order chi connectivity index (χ1) is 9.06. The van der Waals surface area contributed by atoms with Gasteiger partial charge in [0.05, 0.1) is 6.10 Å². The van der Waals surface area contributed by atoms with Crippen LogP contribution in [0.4, 0.5) is 0 Å². The van der Waals surface area contributed by atoms with Crippen molar-refractivity contribution in [3.63, 3.8) is 0 Å². The number of aliphatic hydroxyl groups excluding tert-OH is 1. The summed E-state index contributed by atoms with van der Waals surface area (Å²) >= 11 is 0. The van der Waals surface area contributed by atoms with Crippen LogP contribution in [0.15, 0.2) is 42.5 Å². The van der Waals surface area contributed by atoms with Crippen LogP contribution in [0.2, 0.25) is 0 Å². The van der Waals surface area contributed by atoms with Crippen molar-refractivity contribution in [2.75, 3.05) is 0 Å². The first kappa shape index (κ1) is 13.6. The van der Waals surface area contributed by atoms with Crippen molar-refractivity contribution in [1.82, 2.24) is 0 Å². The van der Waals surface area contributed by atoms with Gasteiger partial charge in [-0.05, 0) is 55.2 Å². The highest BCUT2D eigenvalue weighted by atomic mass is 16.5. The van der Waals surface area contributed by atoms with Crippen molar-refractivity contribution in [2.24, 2.45) is 0 Å². The Kier molecular flexibility index (Phi) is 4.23. The zero-order valence-electron chi connectivity index (χ0n) is 11.7. The van der Waals surface area contributed by atoms with Crippen LogP contribution in [0.25, 0.3) is 0 Å². The number of hydrogen-bond acceptors (Lipinski definition) is 2. The van der Waals surface area contributed by atoms with E-state index in [4.69, 9.17) is 4.74 Å². The SMILES string of the molecule is Cc1ccc(COc2ccc([C@@H](C)O)cc2)cc1C. The van der Waals surface area contributed by atoms with E-state index >= 15 is 0 Å². The highest BCUT2D eigenvalue weighted by Gasteiger charge is 2.02. The number of aliphatic hydroxyl groups is 1. The van der Waals surface area contributed by atoms with Crippen LogP contribution in [0.3, 0.4) is 0 Å². The average molecular weight is 256 g/mol. The Balaban J connectivity index is 2.00. The Hall–Kier alpha value is -1.80. The smallest absolute Gasteiger partial charge is 0.119 e. The van der Waals surface area contributed by atoms with E-state index in [1.165, 1.54) is 16.7 Å². The number of ether oxygens (including phenoxy) is 1. The highest BCUT2D eigenvalue weighted by Crippen LogP contribution is 2.19. The summed E-state index contributed by atoms with van der Waals surface area (Å²) in [5, 5.41) is 9.44. The van der Waals surface area contributed by atoms with Gasteiger partial charge in [-0.2, -0.15) is 0 Å². The molecule has 0 aliphatic carbocycles. The van der Waals surface area contributed by atoms with Crippen LogP contribution in [-0.2, 0) is 6.61 Å². The molecule has 0 saturated carbocycles. The van der Waals surface area contributed by atoms with Gasteiger partial charge in [-0.3, -0.25) is 0 Å².